The lowest BCUT2D eigenvalue weighted by Gasteiger charge is -2.27. The number of amides is 4. The minimum Gasteiger partial charge on any atom is -0.505 e. The second-order valence-electron chi connectivity index (χ2n) is 11.4. The van der Waals surface area contributed by atoms with Crippen LogP contribution in [0.2, 0.25) is 0 Å². The summed E-state index contributed by atoms with van der Waals surface area (Å²) in [5, 5.41) is 39.1. The van der Waals surface area contributed by atoms with E-state index in [4.69, 9.17) is 21.1 Å². The molecule has 0 spiro atoms. The van der Waals surface area contributed by atoms with Gasteiger partial charge in [-0.1, -0.05) is 13.8 Å². The largest absolute Gasteiger partial charge is 0.527 e. The molecule has 6 atom stereocenters. The number of carbonyl (C=O) groups is 5. The number of unbranched alkanes of at least 4 members (excludes halogenated alkanes) is 2. The molecule has 1 aliphatic rings. The Kier molecular flexibility index (Phi) is 19.2. The molecule has 0 saturated heterocycles. The fourth-order valence-corrected chi connectivity index (χ4v) is 5.26. The summed E-state index contributed by atoms with van der Waals surface area (Å²) in [5.74, 6) is -5.95. The summed E-state index contributed by atoms with van der Waals surface area (Å²) in [6, 6.07) is -2.93. The zero-order chi connectivity index (χ0) is 36.4. The maximum absolute atomic E-state index is 13.3. The van der Waals surface area contributed by atoms with Crippen molar-refractivity contribution in [2.75, 3.05) is 32.8 Å². The molecule has 2 unspecified atom stereocenters. The first-order chi connectivity index (χ1) is 22.6. The summed E-state index contributed by atoms with van der Waals surface area (Å²) in [7, 11) is -4.97. The van der Waals surface area contributed by atoms with E-state index in [1.165, 1.54) is 6.92 Å². The average Bonchev–Trinajstić information content (AvgIpc) is 3.29. The molecule has 0 radical (unpaired) electrons. The Labute approximate surface area is 279 Å². The van der Waals surface area contributed by atoms with Crippen molar-refractivity contribution in [2.24, 2.45) is 17.4 Å². The minimum atomic E-state index is -4.97. The number of esters is 1. The number of phosphoric ester groups is 1. The second-order valence-corrected chi connectivity index (χ2v) is 12.8. The number of hydrogen-bond donors (Lipinski definition) is 10. The molecule has 0 aromatic carbocycles. The molecule has 1 heterocycles. The first kappa shape index (κ1) is 42.7. The number of carbonyl (C=O) groups excluding carboxylic acids is 5. The molecule has 0 aromatic heterocycles. The van der Waals surface area contributed by atoms with Crippen LogP contribution in [-0.2, 0) is 42.3 Å². The molecule has 19 nitrogen and oxygen atoms in total. The number of aliphatic hydroxyl groups is 3. The monoisotopic (exact) mass is 710 g/mol. The van der Waals surface area contributed by atoms with Crippen molar-refractivity contribution < 1.29 is 62.5 Å². The van der Waals surface area contributed by atoms with Crippen molar-refractivity contribution in [3.63, 3.8) is 0 Å². The predicted octanol–water partition coefficient (Wildman–Crippen LogP) is -1.94. The van der Waals surface area contributed by atoms with Gasteiger partial charge in [-0.25, -0.2) is 9.36 Å². The summed E-state index contributed by atoms with van der Waals surface area (Å²) < 4.78 is 26.3. The predicted molar refractivity (Wildman–Crippen MR) is 169 cm³/mol. The number of ether oxygens (including phenoxy) is 1. The van der Waals surface area contributed by atoms with Gasteiger partial charge in [-0.2, -0.15) is 0 Å². The molecular weight excluding hydrogens is 659 g/mol. The first-order valence-electron chi connectivity index (χ1n) is 15.7. The molecule has 0 fully saturated rings. The maximum Gasteiger partial charge on any atom is 0.527 e. The molecule has 12 N–H and O–H groups in total. The van der Waals surface area contributed by atoms with Crippen molar-refractivity contribution in [2.45, 2.75) is 96.1 Å². The van der Waals surface area contributed by atoms with E-state index in [1.807, 2.05) is 0 Å². The second kappa shape index (κ2) is 21.6. The summed E-state index contributed by atoms with van der Waals surface area (Å²) in [4.78, 5) is 72.9. The van der Waals surface area contributed by atoms with Crippen molar-refractivity contribution in [1.29, 1.82) is 0 Å². The Morgan fingerprint density at radius 2 is 1.52 bits per heavy atom. The molecule has 1 rings (SSSR count). The van der Waals surface area contributed by atoms with Crippen LogP contribution in [-0.4, -0.2) is 113 Å². The summed E-state index contributed by atoms with van der Waals surface area (Å²) >= 11 is 0. The van der Waals surface area contributed by atoms with Crippen LogP contribution in [0.15, 0.2) is 11.5 Å². The number of rotatable bonds is 24. The van der Waals surface area contributed by atoms with E-state index >= 15 is 0 Å². The van der Waals surface area contributed by atoms with E-state index in [0.717, 1.165) is 0 Å². The van der Waals surface area contributed by atoms with Crippen molar-refractivity contribution >= 4 is 37.4 Å². The number of aliphatic hydroxyl groups excluding tert-OH is 3. The highest BCUT2D eigenvalue weighted by molar-refractivity contribution is 7.47. The van der Waals surface area contributed by atoms with Crippen LogP contribution in [0, 0.1) is 5.92 Å². The van der Waals surface area contributed by atoms with E-state index in [9.17, 15) is 43.6 Å². The minimum absolute atomic E-state index is 0.0240. The van der Waals surface area contributed by atoms with Gasteiger partial charge in [-0.05, 0) is 64.0 Å². The summed E-state index contributed by atoms with van der Waals surface area (Å²) in [6.45, 7) is 4.08. The molecule has 0 bridgehead atoms. The van der Waals surface area contributed by atoms with E-state index in [1.54, 1.807) is 13.8 Å². The smallest absolute Gasteiger partial charge is 0.505 e. The average molecular weight is 711 g/mol. The van der Waals surface area contributed by atoms with Crippen LogP contribution in [0.1, 0.15) is 65.7 Å². The summed E-state index contributed by atoms with van der Waals surface area (Å²) in [6.07, 6.45) is -0.574. The maximum atomic E-state index is 13.3. The van der Waals surface area contributed by atoms with E-state index in [-0.39, 0.29) is 25.3 Å². The molecule has 1 aliphatic heterocycles. The molecule has 0 aliphatic carbocycles. The van der Waals surface area contributed by atoms with Gasteiger partial charge in [0.25, 0.3) is 5.76 Å². The fourth-order valence-electron chi connectivity index (χ4n) is 4.45. The topological polar surface area (TPSA) is 311 Å². The third-order valence-corrected chi connectivity index (χ3v) is 7.93. The zero-order valence-corrected chi connectivity index (χ0v) is 28.4. The first-order valence-corrected chi connectivity index (χ1v) is 17.2. The Balaban J connectivity index is 2.79. The SMILES string of the molecule is CC(=O)N[C@@H](CCCCN)C(=O)N[C@H](C(=O)N[C@@H](CCCCN)C(=O)NCCCOP(=O)(O)OC1=C(O)C([C@@H](O)CO)OC1=O)C(C)C. The van der Waals surface area contributed by atoms with Gasteiger partial charge in [0, 0.05) is 13.5 Å². The van der Waals surface area contributed by atoms with Crippen LogP contribution >= 0.6 is 7.82 Å². The lowest BCUT2D eigenvalue weighted by molar-refractivity contribution is -0.147. The Morgan fingerprint density at radius 3 is 2.04 bits per heavy atom. The van der Waals surface area contributed by atoms with Crippen LogP contribution in [0.5, 0.6) is 0 Å². The molecule has 20 heteroatoms. The van der Waals surface area contributed by atoms with E-state index in [0.29, 0.717) is 45.2 Å². The van der Waals surface area contributed by atoms with Gasteiger partial charge >= 0.3 is 13.8 Å². The molecule has 276 valence electrons. The molecule has 0 aromatic rings. The van der Waals surface area contributed by atoms with Gasteiger partial charge in [-0.15, -0.1) is 0 Å². The van der Waals surface area contributed by atoms with Crippen molar-refractivity contribution in [3.05, 3.63) is 11.5 Å². The van der Waals surface area contributed by atoms with Gasteiger partial charge < -0.3 is 57.3 Å². The van der Waals surface area contributed by atoms with Gasteiger partial charge in [0.05, 0.1) is 13.2 Å². The molecule has 48 heavy (non-hydrogen) atoms. The third-order valence-electron chi connectivity index (χ3n) is 7.01. The van der Waals surface area contributed by atoms with Crippen LogP contribution in [0.3, 0.4) is 0 Å². The number of phosphoric acid groups is 1. The van der Waals surface area contributed by atoms with E-state index < -0.39 is 92.5 Å². The lowest BCUT2D eigenvalue weighted by Crippen LogP contribution is -2.58. The van der Waals surface area contributed by atoms with Crippen LogP contribution < -0.4 is 32.7 Å². The van der Waals surface area contributed by atoms with Gasteiger partial charge in [0.15, 0.2) is 11.9 Å². The van der Waals surface area contributed by atoms with Gasteiger partial charge in [0.2, 0.25) is 23.6 Å². The number of hydrogen-bond acceptors (Lipinski definition) is 14. The van der Waals surface area contributed by atoms with Gasteiger partial charge in [0.1, 0.15) is 24.2 Å². The third kappa shape index (κ3) is 14.8. The van der Waals surface area contributed by atoms with Crippen LogP contribution in [0.4, 0.5) is 0 Å². The van der Waals surface area contributed by atoms with Crippen LogP contribution in [0.25, 0.3) is 0 Å². The number of nitrogens with one attached hydrogen (secondary N) is 4. The summed E-state index contributed by atoms with van der Waals surface area (Å²) in [5.41, 5.74) is 11.1. The normalized spacial score (nSPS) is 18.3. The standard InChI is InChI=1S/C28H51N6O13P/c1-16(2)21(34-26(40)19(32-17(3)36)10-5-7-12-30)27(41)33-18(9-4-6-11-29)25(39)31-13-8-14-45-48(43,44)47-24-22(38)23(20(37)15-35)46-28(24)42/h16,18-21,23,35,37-38H,4-15,29-30H2,1-3H3,(H,31,39)(H,32,36)(H,33,41)(H,34,40)(H,43,44)/t18-,19-,20-,21-,23?/m0/s1. The van der Waals surface area contributed by atoms with Crippen molar-refractivity contribution in [3.8, 4) is 0 Å². The highest BCUT2D eigenvalue weighted by atomic mass is 31.2. The Morgan fingerprint density at radius 1 is 0.938 bits per heavy atom. The highest BCUT2D eigenvalue weighted by Crippen LogP contribution is 2.47. The quantitative estimate of drug-likeness (QED) is 0.0296. The number of cyclic esters (lactones) is 1. The number of nitrogens with two attached hydrogens (primary N) is 2. The highest BCUT2D eigenvalue weighted by Gasteiger charge is 2.43. The Bertz CT molecular complexity index is 1170. The lowest BCUT2D eigenvalue weighted by atomic mass is 10.0. The molecule has 4 amide bonds. The zero-order valence-electron chi connectivity index (χ0n) is 27.5. The Hall–Kier alpha value is -3.32. The molecule has 0 saturated carbocycles. The molecular formula is C28H51N6O13P. The fraction of sp³-hybridized carbons (Fsp3) is 0.750. The van der Waals surface area contributed by atoms with E-state index in [2.05, 4.69) is 30.5 Å². The van der Waals surface area contributed by atoms with Gasteiger partial charge in [-0.3, -0.25) is 28.6 Å². The van der Waals surface area contributed by atoms with Crippen molar-refractivity contribution in [1.82, 2.24) is 21.3 Å².